The van der Waals surface area contributed by atoms with Crippen LogP contribution in [-0.2, 0) is 27.8 Å². The van der Waals surface area contributed by atoms with E-state index in [1.807, 2.05) is 18.2 Å². The predicted molar refractivity (Wildman–Crippen MR) is 167 cm³/mol. The maximum Gasteiger partial charge on any atom is 0.329 e. The van der Waals surface area contributed by atoms with Crippen LogP contribution < -0.4 is 11.0 Å². The second kappa shape index (κ2) is 14.0. The highest BCUT2D eigenvalue weighted by Gasteiger charge is 2.33. The SMILES string of the molecule is Cn1c(=O)n(C2CCC(=O)NC2=O)c2cccc(CCCOC3CCN(CC4CCC(n5cc([N+](=O)[O-])c(C(F)F)n5)CC4)CC3)c21. The summed E-state index contributed by atoms with van der Waals surface area (Å²) in [6, 6.07) is 4.94. The third kappa shape index (κ3) is 7.00. The number of carbonyl (C=O) groups is 2. The molecule has 13 nitrogen and oxygen atoms in total. The van der Waals surface area contributed by atoms with E-state index >= 15 is 0 Å². The summed E-state index contributed by atoms with van der Waals surface area (Å²) in [7, 11) is 1.71. The van der Waals surface area contributed by atoms with Gasteiger partial charge in [-0.3, -0.25) is 38.8 Å². The second-order valence-electron chi connectivity index (χ2n) is 13.0. The quantitative estimate of drug-likeness (QED) is 0.140. The highest BCUT2D eigenvalue weighted by Crippen LogP contribution is 2.36. The molecule has 47 heavy (non-hydrogen) atoms. The molecule has 1 saturated carbocycles. The molecule has 2 saturated heterocycles. The van der Waals surface area contributed by atoms with E-state index in [0.29, 0.717) is 24.5 Å². The van der Waals surface area contributed by atoms with Crippen molar-refractivity contribution >= 4 is 28.5 Å². The van der Waals surface area contributed by atoms with Gasteiger partial charge in [-0.25, -0.2) is 13.6 Å². The summed E-state index contributed by atoms with van der Waals surface area (Å²) in [4.78, 5) is 50.2. The Morgan fingerprint density at radius 2 is 1.83 bits per heavy atom. The van der Waals surface area contributed by atoms with Crippen LogP contribution in [0.1, 0.15) is 87.6 Å². The molecule has 6 rings (SSSR count). The van der Waals surface area contributed by atoms with Crippen LogP contribution in [-0.4, -0.2) is 72.9 Å². The van der Waals surface area contributed by atoms with Gasteiger partial charge in [0.05, 0.1) is 28.1 Å². The Labute approximate surface area is 270 Å². The lowest BCUT2D eigenvalue weighted by atomic mass is 9.85. The van der Waals surface area contributed by atoms with Crippen molar-refractivity contribution in [1.82, 2.24) is 29.1 Å². The Hall–Kier alpha value is -3.98. The fourth-order valence-corrected chi connectivity index (χ4v) is 7.56. The zero-order chi connectivity index (χ0) is 33.2. The highest BCUT2D eigenvalue weighted by molar-refractivity contribution is 6.00. The van der Waals surface area contributed by atoms with E-state index in [1.165, 1.54) is 9.25 Å². The molecule has 2 aromatic heterocycles. The number of imide groups is 1. The van der Waals surface area contributed by atoms with Gasteiger partial charge >= 0.3 is 11.4 Å². The van der Waals surface area contributed by atoms with Crippen LogP contribution in [0.2, 0.25) is 0 Å². The number of likely N-dealkylation sites (tertiary alicyclic amines) is 1. The summed E-state index contributed by atoms with van der Waals surface area (Å²) in [5, 5.41) is 17.4. The van der Waals surface area contributed by atoms with Gasteiger partial charge in [0.25, 0.3) is 6.43 Å². The Balaban J connectivity index is 0.940. The number of imidazole rings is 1. The first-order valence-corrected chi connectivity index (χ1v) is 16.5. The maximum atomic E-state index is 13.2. The molecular weight excluding hydrogens is 616 g/mol. The van der Waals surface area contributed by atoms with E-state index < -0.39 is 34.7 Å². The lowest BCUT2D eigenvalue weighted by Gasteiger charge is -2.36. The number of alkyl halides is 2. The summed E-state index contributed by atoms with van der Waals surface area (Å²) in [5.41, 5.74) is 0.865. The number of fused-ring (bicyclic) bond motifs is 1. The van der Waals surface area contributed by atoms with Gasteiger partial charge in [0, 0.05) is 39.7 Å². The Kier molecular flexibility index (Phi) is 9.82. The van der Waals surface area contributed by atoms with Crippen molar-refractivity contribution in [2.75, 3.05) is 26.2 Å². The minimum absolute atomic E-state index is 0.0984. The predicted octanol–water partition coefficient (Wildman–Crippen LogP) is 4.21. The van der Waals surface area contributed by atoms with Gasteiger partial charge < -0.3 is 9.64 Å². The Bertz CT molecular complexity index is 1680. The van der Waals surface area contributed by atoms with E-state index in [2.05, 4.69) is 15.3 Å². The molecule has 1 aliphatic carbocycles. The van der Waals surface area contributed by atoms with Gasteiger partial charge in [-0.2, -0.15) is 5.10 Å². The minimum Gasteiger partial charge on any atom is -0.378 e. The molecule has 4 heterocycles. The lowest BCUT2D eigenvalue weighted by molar-refractivity contribution is -0.386. The van der Waals surface area contributed by atoms with Crippen molar-refractivity contribution < 1.29 is 28.0 Å². The molecule has 1 N–H and O–H groups in total. The van der Waals surface area contributed by atoms with Crippen LogP contribution in [0.25, 0.3) is 11.0 Å². The number of rotatable bonds is 11. The number of nitrogens with one attached hydrogen (secondary N) is 1. The second-order valence-corrected chi connectivity index (χ2v) is 13.0. The Morgan fingerprint density at radius 3 is 2.49 bits per heavy atom. The van der Waals surface area contributed by atoms with E-state index in [4.69, 9.17) is 4.74 Å². The summed E-state index contributed by atoms with van der Waals surface area (Å²) < 4.78 is 37.1. The molecule has 3 aromatic rings. The van der Waals surface area contributed by atoms with Crippen LogP contribution in [0.15, 0.2) is 29.2 Å². The van der Waals surface area contributed by atoms with Gasteiger partial charge in [-0.15, -0.1) is 0 Å². The van der Waals surface area contributed by atoms with Crippen LogP contribution in [0.3, 0.4) is 0 Å². The summed E-state index contributed by atoms with van der Waals surface area (Å²) >= 11 is 0. The molecule has 1 aromatic carbocycles. The molecule has 0 radical (unpaired) electrons. The first-order valence-electron chi connectivity index (χ1n) is 16.5. The number of hydrogen-bond acceptors (Lipinski definition) is 8. The molecular formula is C32H41F2N7O6. The number of nitro groups is 1. The van der Waals surface area contributed by atoms with Crippen LogP contribution in [0.5, 0.6) is 0 Å². The average Bonchev–Trinajstić information content (AvgIpc) is 3.61. The number of amides is 2. The molecule has 1 unspecified atom stereocenters. The third-order valence-electron chi connectivity index (χ3n) is 10.0. The fraction of sp³-hybridized carbons (Fsp3) is 0.625. The standard InChI is InChI=1S/C32H41F2N7O6/c1-37-29-21(4-2-6-24(29)40(32(37)44)25-11-12-27(42)35-31(25)43)5-3-17-47-23-13-15-38(16-14-23)18-20-7-9-22(10-8-20)39-19-26(41(45)46)28(36-39)30(33)34/h2,4,6,19-20,22-23,25,30H,3,5,7-18H2,1H3,(H,35,42,43). The Morgan fingerprint density at radius 1 is 1.09 bits per heavy atom. The molecule has 3 aliphatic rings. The van der Waals surface area contributed by atoms with Gasteiger partial charge in [-0.05, 0) is 75.3 Å². The van der Waals surface area contributed by atoms with E-state index in [-0.39, 0.29) is 30.2 Å². The lowest BCUT2D eigenvalue weighted by Crippen LogP contribution is -2.44. The zero-order valence-corrected chi connectivity index (χ0v) is 26.5. The van der Waals surface area contributed by atoms with Gasteiger partial charge in [0.1, 0.15) is 12.2 Å². The maximum absolute atomic E-state index is 13.2. The molecule has 1 atom stereocenters. The molecule has 254 valence electrons. The number of aryl methyl sites for hydroxylation is 2. The fourth-order valence-electron chi connectivity index (χ4n) is 7.56. The average molecular weight is 658 g/mol. The van der Waals surface area contributed by atoms with E-state index in [0.717, 1.165) is 88.3 Å². The number of halogens is 2. The monoisotopic (exact) mass is 657 g/mol. The first-order chi connectivity index (χ1) is 22.6. The molecule has 2 aliphatic heterocycles. The van der Waals surface area contributed by atoms with Gasteiger partial charge in [0.15, 0.2) is 0 Å². The number of nitrogens with zero attached hydrogens (tertiary/aromatic N) is 6. The van der Waals surface area contributed by atoms with E-state index in [9.17, 15) is 33.3 Å². The van der Waals surface area contributed by atoms with Crippen molar-refractivity contribution in [2.45, 2.75) is 88.8 Å². The third-order valence-corrected chi connectivity index (χ3v) is 10.0. The van der Waals surface area contributed by atoms with Crippen LogP contribution >= 0.6 is 0 Å². The summed E-state index contributed by atoms with van der Waals surface area (Å²) in [5.74, 6) is -0.266. The zero-order valence-electron chi connectivity index (χ0n) is 26.5. The number of benzene rings is 1. The topological polar surface area (TPSA) is 147 Å². The molecule has 15 heteroatoms. The summed E-state index contributed by atoms with van der Waals surface area (Å²) in [6.07, 6.45) is 5.64. The number of para-hydroxylation sites is 1. The number of carbonyl (C=O) groups excluding carboxylic acids is 2. The normalized spacial score (nSPS) is 23.1. The molecule has 0 bridgehead atoms. The minimum atomic E-state index is -2.97. The van der Waals surface area contributed by atoms with E-state index in [1.54, 1.807) is 11.6 Å². The number of ether oxygens (including phenoxy) is 1. The smallest absolute Gasteiger partial charge is 0.329 e. The molecule has 0 spiro atoms. The van der Waals surface area contributed by atoms with Gasteiger partial charge in [-0.1, -0.05) is 12.1 Å². The van der Waals surface area contributed by atoms with Crippen LogP contribution in [0.4, 0.5) is 14.5 Å². The number of piperidine rings is 2. The van der Waals surface area contributed by atoms with Crippen molar-refractivity contribution in [3.05, 3.63) is 56.3 Å². The molecule has 2 amide bonds. The highest BCUT2D eigenvalue weighted by atomic mass is 19.3. The van der Waals surface area contributed by atoms with Crippen LogP contribution in [0, 0.1) is 16.0 Å². The number of hydrogen-bond donors (Lipinski definition) is 1. The molecule has 3 fully saturated rings. The van der Waals surface area contributed by atoms with Crippen molar-refractivity contribution in [3.63, 3.8) is 0 Å². The first kappa shape index (κ1) is 32.9. The summed E-state index contributed by atoms with van der Waals surface area (Å²) in [6.45, 7) is 3.47. The van der Waals surface area contributed by atoms with Crippen molar-refractivity contribution in [1.29, 1.82) is 0 Å². The van der Waals surface area contributed by atoms with Gasteiger partial charge in [0.2, 0.25) is 17.5 Å². The largest absolute Gasteiger partial charge is 0.378 e. The van der Waals surface area contributed by atoms with Crippen molar-refractivity contribution in [3.8, 4) is 0 Å². The van der Waals surface area contributed by atoms with Crippen molar-refractivity contribution in [2.24, 2.45) is 13.0 Å². The number of aromatic nitrogens is 4.